The summed E-state index contributed by atoms with van der Waals surface area (Å²) in [6.07, 6.45) is 1.77. The lowest BCUT2D eigenvalue weighted by molar-refractivity contribution is 0.101. The number of carbonyl (C=O) groups excluding carboxylic acids is 1. The fourth-order valence-electron chi connectivity index (χ4n) is 2.22. The summed E-state index contributed by atoms with van der Waals surface area (Å²) in [4.78, 5) is 16.1. The second kappa shape index (κ2) is 4.54. The first kappa shape index (κ1) is 12.5. The van der Waals surface area contributed by atoms with E-state index in [1.54, 1.807) is 18.3 Å². The van der Waals surface area contributed by atoms with Gasteiger partial charge in [0.15, 0.2) is 5.78 Å². The summed E-state index contributed by atoms with van der Waals surface area (Å²) < 4.78 is 1.85. The first-order chi connectivity index (χ1) is 9.08. The highest BCUT2D eigenvalue weighted by Gasteiger charge is 2.18. The average molecular weight is 296 g/mol. The molecule has 1 aromatic heterocycles. The third kappa shape index (κ3) is 2.01. The number of aromatic nitrogens is 1. The van der Waals surface area contributed by atoms with E-state index in [0.29, 0.717) is 15.6 Å². The number of ketones is 1. The van der Waals surface area contributed by atoms with Crippen LogP contribution in [0.25, 0.3) is 10.9 Å². The topological polar surface area (TPSA) is 46.4 Å². The van der Waals surface area contributed by atoms with Gasteiger partial charge in [0.2, 0.25) is 5.96 Å². The molecular formula is C13H11Cl2N3O. The van der Waals surface area contributed by atoms with E-state index in [1.807, 2.05) is 4.57 Å². The predicted octanol–water partition coefficient (Wildman–Crippen LogP) is 2.96. The van der Waals surface area contributed by atoms with Crippen molar-refractivity contribution in [3.05, 3.63) is 33.9 Å². The highest BCUT2D eigenvalue weighted by Crippen LogP contribution is 2.31. The summed E-state index contributed by atoms with van der Waals surface area (Å²) in [6, 6.07) is 3.48. The van der Waals surface area contributed by atoms with Crippen LogP contribution in [0.2, 0.25) is 10.0 Å². The normalized spacial score (nSPS) is 14.6. The predicted molar refractivity (Wildman–Crippen MR) is 77.7 cm³/mol. The number of aliphatic imine (C=N–C) groups is 1. The van der Waals surface area contributed by atoms with Crippen LogP contribution < -0.4 is 5.32 Å². The number of nitrogens with one attached hydrogen (secondary N) is 1. The zero-order valence-corrected chi connectivity index (χ0v) is 11.7. The lowest BCUT2D eigenvalue weighted by Gasteiger charge is -2.05. The Hall–Kier alpha value is -1.52. The fraction of sp³-hybridized carbons (Fsp3) is 0.231. The van der Waals surface area contributed by atoms with Gasteiger partial charge in [-0.05, 0) is 19.1 Å². The standard InChI is InChI=1S/C13H11Cl2N3O/c1-7(19)9-6-18(13-16-2-3-17-13)12-5-11(15)10(14)4-8(9)12/h4-6H,2-3H2,1H3,(H,16,17). The van der Waals surface area contributed by atoms with Crippen LogP contribution in [0.15, 0.2) is 23.3 Å². The second-order valence-corrected chi connectivity index (χ2v) is 5.20. The first-order valence-corrected chi connectivity index (χ1v) is 6.63. The molecule has 1 aliphatic rings. The lowest BCUT2D eigenvalue weighted by Crippen LogP contribution is -2.25. The Morgan fingerprint density at radius 1 is 1.37 bits per heavy atom. The van der Waals surface area contributed by atoms with Crippen molar-refractivity contribution in [1.29, 1.82) is 0 Å². The highest BCUT2D eigenvalue weighted by atomic mass is 35.5. The number of hydrogen-bond donors (Lipinski definition) is 1. The van der Waals surface area contributed by atoms with Gasteiger partial charge in [-0.1, -0.05) is 23.2 Å². The van der Waals surface area contributed by atoms with Crippen molar-refractivity contribution in [3.63, 3.8) is 0 Å². The van der Waals surface area contributed by atoms with Gasteiger partial charge >= 0.3 is 0 Å². The molecule has 3 rings (SSSR count). The first-order valence-electron chi connectivity index (χ1n) is 5.87. The molecule has 1 aromatic carbocycles. The maximum Gasteiger partial charge on any atom is 0.202 e. The quantitative estimate of drug-likeness (QED) is 0.822. The van der Waals surface area contributed by atoms with E-state index in [-0.39, 0.29) is 5.78 Å². The molecule has 0 bridgehead atoms. The molecule has 2 heterocycles. The Kier molecular flexibility index (Phi) is 2.99. The van der Waals surface area contributed by atoms with Crippen molar-refractivity contribution < 1.29 is 4.79 Å². The Balaban J connectivity index is 2.33. The van der Waals surface area contributed by atoms with Crippen LogP contribution >= 0.6 is 23.2 Å². The molecule has 0 amide bonds. The van der Waals surface area contributed by atoms with E-state index >= 15 is 0 Å². The van der Waals surface area contributed by atoms with Crippen LogP contribution in [0.3, 0.4) is 0 Å². The number of fused-ring (bicyclic) bond motifs is 1. The molecule has 2 aromatic rings. The fourth-order valence-corrected chi connectivity index (χ4v) is 2.54. The molecule has 98 valence electrons. The maximum absolute atomic E-state index is 11.7. The summed E-state index contributed by atoms with van der Waals surface area (Å²) in [5, 5.41) is 4.87. The van der Waals surface area contributed by atoms with E-state index in [1.165, 1.54) is 6.92 Å². The van der Waals surface area contributed by atoms with Crippen molar-refractivity contribution in [1.82, 2.24) is 9.88 Å². The summed E-state index contributed by atoms with van der Waals surface area (Å²) in [5.74, 6) is 0.719. The molecule has 0 aliphatic carbocycles. The SMILES string of the molecule is CC(=O)c1cn(C2=NCCN2)c2cc(Cl)c(Cl)cc12. The molecule has 0 saturated carbocycles. The molecule has 0 spiro atoms. The van der Waals surface area contributed by atoms with Crippen molar-refractivity contribution in [2.75, 3.05) is 13.1 Å². The van der Waals surface area contributed by atoms with E-state index in [9.17, 15) is 4.79 Å². The number of rotatable bonds is 1. The molecular weight excluding hydrogens is 285 g/mol. The van der Waals surface area contributed by atoms with Crippen LogP contribution in [0, 0.1) is 0 Å². The lowest BCUT2D eigenvalue weighted by atomic mass is 10.1. The molecule has 0 saturated heterocycles. The molecule has 1 N–H and O–H groups in total. The number of halogens is 2. The van der Waals surface area contributed by atoms with E-state index in [0.717, 1.165) is 30.0 Å². The van der Waals surface area contributed by atoms with Crippen LogP contribution in [-0.4, -0.2) is 29.4 Å². The van der Waals surface area contributed by atoms with Crippen molar-refractivity contribution in [3.8, 4) is 0 Å². The van der Waals surface area contributed by atoms with Gasteiger partial charge in [0.25, 0.3) is 0 Å². The van der Waals surface area contributed by atoms with Crippen LogP contribution in [-0.2, 0) is 0 Å². The minimum absolute atomic E-state index is 0.0132. The zero-order chi connectivity index (χ0) is 13.6. The zero-order valence-electron chi connectivity index (χ0n) is 10.2. The number of benzene rings is 1. The highest BCUT2D eigenvalue weighted by molar-refractivity contribution is 6.43. The molecule has 0 unspecified atom stereocenters. The van der Waals surface area contributed by atoms with Gasteiger partial charge in [0.1, 0.15) is 0 Å². The van der Waals surface area contributed by atoms with Gasteiger partial charge in [-0.15, -0.1) is 0 Å². The van der Waals surface area contributed by atoms with E-state index < -0.39 is 0 Å². The molecule has 0 radical (unpaired) electrons. The van der Waals surface area contributed by atoms with E-state index in [2.05, 4.69) is 10.3 Å². The molecule has 0 atom stereocenters. The number of hydrogen-bond acceptors (Lipinski definition) is 3. The van der Waals surface area contributed by atoms with Gasteiger partial charge in [0, 0.05) is 23.7 Å². The Morgan fingerprint density at radius 2 is 2.11 bits per heavy atom. The maximum atomic E-state index is 11.7. The summed E-state index contributed by atoms with van der Waals surface area (Å²) >= 11 is 12.1. The molecule has 0 fully saturated rings. The van der Waals surface area contributed by atoms with Crippen LogP contribution in [0.4, 0.5) is 0 Å². The Morgan fingerprint density at radius 3 is 2.74 bits per heavy atom. The average Bonchev–Trinajstić information content (AvgIpc) is 2.96. The van der Waals surface area contributed by atoms with E-state index in [4.69, 9.17) is 23.2 Å². The Bertz CT molecular complexity index is 718. The van der Waals surface area contributed by atoms with Crippen LogP contribution in [0.1, 0.15) is 17.3 Å². The molecule has 19 heavy (non-hydrogen) atoms. The van der Waals surface area contributed by atoms with Crippen molar-refractivity contribution in [2.24, 2.45) is 4.99 Å². The molecule has 1 aliphatic heterocycles. The number of nitrogens with zero attached hydrogens (tertiary/aromatic N) is 2. The van der Waals surface area contributed by atoms with Crippen molar-refractivity contribution in [2.45, 2.75) is 6.92 Å². The van der Waals surface area contributed by atoms with Gasteiger partial charge in [-0.25, -0.2) is 0 Å². The summed E-state index contributed by atoms with van der Waals surface area (Å²) in [5.41, 5.74) is 1.44. The minimum atomic E-state index is -0.0132. The van der Waals surface area contributed by atoms with Gasteiger partial charge in [-0.3, -0.25) is 14.4 Å². The van der Waals surface area contributed by atoms with Gasteiger partial charge in [0.05, 0.1) is 22.1 Å². The second-order valence-electron chi connectivity index (χ2n) is 4.38. The van der Waals surface area contributed by atoms with Crippen molar-refractivity contribution >= 4 is 45.8 Å². The van der Waals surface area contributed by atoms with Gasteiger partial charge in [-0.2, -0.15) is 0 Å². The summed E-state index contributed by atoms with van der Waals surface area (Å²) in [7, 11) is 0. The van der Waals surface area contributed by atoms with Crippen LogP contribution in [0.5, 0.6) is 0 Å². The minimum Gasteiger partial charge on any atom is -0.354 e. The molecule has 6 heteroatoms. The Labute approximate surface area is 120 Å². The largest absolute Gasteiger partial charge is 0.354 e. The van der Waals surface area contributed by atoms with Gasteiger partial charge < -0.3 is 5.32 Å². The number of carbonyl (C=O) groups is 1. The third-order valence-corrected chi connectivity index (χ3v) is 3.83. The monoisotopic (exact) mass is 295 g/mol. The third-order valence-electron chi connectivity index (χ3n) is 3.11. The number of Topliss-reactive ketones (excluding diaryl/α,β-unsaturated/α-hetero) is 1. The smallest absolute Gasteiger partial charge is 0.202 e. The molecule has 4 nitrogen and oxygen atoms in total. The summed E-state index contributed by atoms with van der Waals surface area (Å²) in [6.45, 7) is 3.06.